The fraction of sp³-hybridized carbons (Fsp3) is 0.429. The van der Waals surface area contributed by atoms with Crippen LogP contribution in [0.3, 0.4) is 0 Å². The highest BCUT2D eigenvalue weighted by atomic mass is 16.5. The number of hydrogen-bond donors (Lipinski definition) is 2. The molecule has 2 aliphatic heterocycles. The average Bonchev–Trinajstić information content (AvgIpc) is 3.71. The second kappa shape index (κ2) is 13.8. The number of ether oxygens (including phenoxy) is 1. The number of carbonyl (C=O) groups excluding carboxylic acids is 4. The van der Waals surface area contributed by atoms with Gasteiger partial charge in [-0.25, -0.2) is 0 Å². The average molecular weight is 640 g/mol. The molecule has 3 heterocycles. The summed E-state index contributed by atoms with van der Waals surface area (Å²) >= 11 is 0. The van der Waals surface area contributed by atoms with Gasteiger partial charge in [0.25, 0.3) is 5.91 Å². The number of amides is 4. The van der Waals surface area contributed by atoms with Gasteiger partial charge in [0.2, 0.25) is 17.7 Å². The maximum atomic E-state index is 14.0. The van der Waals surface area contributed by atoms with Crippen molar-refractivity contribution in [3.05, 3.63) is 89.7 Å². The van der Waals surface area contributed by atoms with Crippen molar-refractivity contribution in [2.45, 2.75) is 46.1 Å². The Morgan fingerprint density at radius 2 is 1.64 bits per heavy atom. The molecule has 0 radical (unpaired) electrons. The topological polar surface area (TPSA) is 150 Å². The molecule has 12 nitrogen and oxygen atoms in total. The third-order valence-electron chi connectivity index (χ3n) is 9.08. The van der Waals surface area contributed by atoms with Crippen LogP contribution in [0.5, 0.6) is 0 Å². The van der Waals surface area contributed by atoms with Crippen LogP contribution in [0.1, 0.15) is 42.3 Å². The van der Waals surface area contributed by atoms with Gasteiger partial charge in [0, 0.05) is 44.8 Å². The first-order chi connectivity index (χ1) is 22.5. The monoisotopic (exact) mass is 639 g/mol. The number of hydrogen-bond acceptors (Lipinski definition) is 7. The number of carbonyl (C=O) groups is 4. The zero-order valence-electron chi connectivity index (χ0n) is 27.2. The van der Waals surface area contributed by atoms with E-state index in [2.05, 4.69) is 15.7 Å². The van der Waals surface area contributed by atoms with E-state index in [0.717, 1.165) is 11.1 Å². The summed E-state index contributed by atoms with van der Waals surface area (Å²) < 4.78 is 7.69. The fourth-order valence-electron chi connectivity index (χ4n) is 6.32. The second-order valence-corrected chi connectivity index (χ2v) is 13.0. The zero-order chi connectivity index (χ0) is 33.8. The fourth-order valence-corrected chi connectivity index (χ4v) is 6.32. The lowest BCUT2D eigenvalue weighted by molar-refractivity contribution is -0.155. The highest BCUT2D eigenvalue weighted by Crippen LogP contribution is 2.46. The van der Waals surface area contributed by atoms with E-state index >= 15 is 0 Å². The molecule has 2 fully saturated rings. The molecule has 2 aliphatic rings. The Balaban J connectivity index is 1.33. The highest BCUT2D eigenvalue weighted by molar-refractivity contribution is 5.96. The number of nitrogens with one attached hydrogen (secondary N) is 2. The first-order valence-corrected chi connectivity index (χ1v) is 15.7. The Kier molecular flexibility index (Phi) is 9.77. The van der Waals surface area contributed by atoms with E-state index in [4.69, 9.17) is 4.74 Å². The van der Waals surface area contributed by atoms with Crippen LogP contribution < -0.4 is 10.6 Å². The van der Waals surface area contributed by atoms with Gasteiger partial charge in [0.1, 0.15) is 11.5 Å². The van der Waals surface area contributed by atoms with Crippen LogP contribution >= 0.6 is 0 Å². The van der Waals surface area contributed by atoms with E-state index in [1.165, 1.54) is 13.2 Å². The van der Waals surface area contributed by atoms with Gasteiger partial charge in [-0.15, -0.1) is 0 Å². The molecule has 0 saturated carbocycles. The molecule has 0 bridgehead atoms. The number of rotatable bonds is 11. The number of nitrogens with zero attached hydrogens (tertiary/aromatic N) is 5. The van der Waals surface area contributed by atoms with E-state index in [1.807, 2.05) is 66.7 Å². The predicted octanol–water partition coefficient (Wildman–Crippen LogP) is 2.22. The van der Waals surface area contributed by atoms with Gasteiger partial charge in [-0.1, -0.05) is 60.7 Å². The smallest absolute Gasteiger partial charge is 0.257 e. The number of likely N-dealkylation sites (tertiary alicyclic amines) is 2. The maximum absolute atomic E-state index is 14.0. The van der Waals surface area contributed by atoms with Crippen molar-refractivity contribution >= 4 is 23.6 Å². The van der Waals surface area contributed by atoms with Gasteiger partial charge in [-0.3, -0.25) is 23.9 Å². The third-order valence-corrected chi connectivity index (χ3v) is 9.08. The molecule has 2 saturated heterocycles. The van der Waals surface area contributed by atoms with Crippen molar-refractivity contribution in [2.24, 2.45) is 16.7 Å². The Labute approximate surface area is 274 Å². The van der Waals surface area contributed by atoms with Gasteiger partial charge in [-0.2, -0.15) is 10.4 Å². The molecule has 5 rings (SSSR count). The maximum Gasteiger partial charge on any atom is 0.257 e. The molecule has 3 atom stereocenters. The van der Waals surface area contributed by atoms with E-state index in [9.17, 15) is 24.4 Å². The molecule has 2 aromatic carbocycles. The number of nitriles is 1. The van der Waals surface area contributed by atoms with E-state index in [1.54, 1.807) is 41.4 Å². The molecule has 0 unspecified atom stereocenters. The Hall–Kier alpha value is -5.02. The van der Waals surface area contributed by atoms with Gasteiger partial charge in [0.15, 0.2) is 0 Å². The summed E-state index contributed by atoms with van der Waals surface area (Å²) in [5.74, 6) is -2.14. The van der Waals surface area contributed by atoms with Crippen LogP contribution in [0, 0.1) is 28.1 Å². The summed E-state index contributed by atoms with van der Waals surface area (Å²) in [6.45, 7) is 6.34. The second-order valence-electron chi connectivity index (χ2n) is 13.0. The number of likely N-dealkylation sites (N-methyl/N-ethyl adjacent to an activating group) is 1. The van der Waals surface area contributed by atoms with Gasteiger partial charge in [-0.05, 0) is 31.9 Å². The summed E-state index contributed by atoms with van der Waals surface area (Å²) in [6, 6.07) is 20.3. The van der Waals surface area contributed by atoms with Crippen LogP contribution in [-0.2, 0) is 32.3 Å². The minimum Gasteiger partial charge on any atom is -0.371 e. The van der Waals surface area contributed by atoms with Crippen LogP contribution in [-0.4, -0.2) is 88.6 Å². The summed E-state index contributed by atoms with van der Waals surface area (Å²) in [4.78, 5) is 57.1. The van der Waals surface area contributed by atoms with E-state index in [-0.39, 0.29) is 44.6 Å². The van der Waals surface area contributed by atoms with Crippen LogP contribution in [0.2, 0.25) is 0 Å². The lowest BCUT2D eigenvalue weighted by Crippen LogP contribution is -2.66. The van der Waals surface area contributed by atoms with Crippen molar-refractivity contribution in [3.8, 4) is 6.07 Å². The molecule has 2 N–H and O–H groups in total. The molecule has 1 aromatic heterocycles. The summed E-state index contributed by atoms with van der Waals surface area (Å²) in [5, 5.41) is 19.4. The normalized spacial score (nSPS) is 18.1. The molecule has 1 spiro atoms. The van der Waals surface area contributed by atoms with Crippen LogP contribution in [0.4, 0.5) is 0 Å². The Morgan fingerprint density at radius 3 is 2.26 bits per heavy atom. The quantitative estimate of drug-likeness (QED) is 0.327. The lowest BCUT2D eigenvalue weighted by Gasteiger charge is -2.51. The molecule has 47 heavy (non-hydrogen) atoms. The molecular weight excluding hydrogens is 598 g/mol. The standard InChI is InChI=1S/C35H41N7O5/c1-24(47-19-26-13-9-6-10-14-26)29(31(44)37-4)39-30(43)28-18-40(21-35(28)22-41(23-35)33(46)34(2,3)20-36)32(45)27-15-38-42(17-27)16-25-11-7-5-8-12-25/h5-15,17,24,28-29H,16,18-19,21-23H2,1-4H3,(H,37,44)(H,39,43)/t24-,28+,29+/m1/s1. The van der Waals surface area contributed by atoms with Gasteiger partial charge < -0.3 is 25.2 Å². The molecule has 4 amide bonds. The minimum absolute atomic E-state index is 0.0952. The Bertz CT molecular complexity index is 1640. The molecular formula is C35H41N7O5. The molecule has 0 aliphatic carbocycles. The third kappa shape index (κ3) is 7.20. The zero-order valence-corrected chi connectivity index (χ0v) is 27.2. The van der Waals surface area contributed by atoms with Crippen molar-refractivity contribution in [1.29, 1.82) is 5.26 Å². The van der Waals surface area contributed by atoms with Crippen molar-refractivity contribution in [3.63, 3.8) is 0 Å². The van der Waals surface area contributed by atoms with Gasteiger partial charge >= 0.3 is 0 Å². The van der Waals surface area contributed by atoms with E-state index < -0.39 is 40.7 Å². The first kappa shape index (κ1) is 33.3. The molecule has 246 valence electrons. The molecule has 12 heteroatoms. The highest BCUT2D eigenvalue weighted by Gasteiger charge is 2.60. The van der Waals surface area contributed by atoms with E-state index in [0.29, 0.717) is 12.1 Å². The Morgan fingerprint density at radius 1 is 1.02 bits per heavy atom. The van der Waals surface area contributed by atoms with Crippen molar-refractivity contribution in [2.75, 3.05) is 33.2 Å². The van der Waals surface area contributed by atoms with Crippen LogP contribution in [0.15, 0.2) is 73.1 Å². The summed E-state index contributed by atoms with van der Waals surface area (Å²) in [5.41, 5.74) is 0.385. The minimum atomic E-state index is -1.23. The lowest BCUT2D eigenvalue weighted by atomic mass is 9.70. The predicted molar refractivity (Wildman–Crippen MR) is 172 cm³/mol. The van der Waals surface area contributed by atoms with Crippen LogP contribution in [0.25, 0.3) is 0 Å². The number of aromatic nitrogens is 2. The number of benzene rings is 2. The van der Waals surface area contributed by atoms with Gasteiger partial charge in [0.05, 0.1) is 43.0 Å². The molecule has 3 aromatic rings. The first-order valence-electron chi connectivity index (χ1n) is 15.7. The van der Waals surface area contributed by atoms with Crippen molar-refractivity contribution < 1.29 is 23.9 Å². The summed E-state index contributed by atoms with van der Waals surface area (Å²) in [6.07, 6.45) is 2.54. The largest absolute Gasteiger partial charge is 0.371 e. The van der Waals surface area contributed by atoms with Crippen molar-refractivity contribution in [1.82, 2.24) is 30.2 Å². The summed E-state index contributed by atoms with van der Waals surface area (Å²) in [7, 11) is 1.49. The SMILES string of the molecule is CNC(=O)[C@@H](NC(=O)[C@@H]1CN(C(=O)c2cnn(Cc3ccccc3)c2)CC12CN(C(=O)C(C)(C)C#N)C2)[C@@H](C)OCc1ccccc1.